The van der Waals surface area contributed by atoms with Gasteiger partial charge in [0.1, 0.15) is 12.3 Å². The van der Waals surface area contributed by atoms with E-state index in [0.717, 1.165) is 33.0 Å². The molecule has 0 unspecified atom stereocenters. The minimum Gasteiger partial charge on any atom is -0.496 e. The standard InChI is InChI=1S/C23H31ClN2O4S/c1-14(2)19-12-20(15(3)11-22(19)30-6)17(5)25-23(27)13-26(31(7,28)29)21-9-8-18(24)10-16(21)4/h8-12,14,17H,13H2,1-7H3,(H,25,27)/t17-/m1/s1. The van der Waals surface area contributed by atoms with Crippen LogP contribution in [0.15, 0.2) is 30.3 Å². The van der Waals surface area contributed by atoms with Gasteiger partial charge in [0.25, 0.3) is 0 Å². The van der Waals surface area contributed by atoms with Crippen LogP contribution < -0.4 is 14.4 Å². The molecule has 2 aromatic carbocycles. The average molecular weight is 467 g/mol. The van der Waals surface area contributed by atoms with Crippen molar-refractivity contribution >= 4 is 33.2 Å². The quantitative estimate of drug-likeness (QED) is 0.610. The molecule has 0 saturated carbocycles. The van der Waals surface area contributed by atoms with Crippen LogP contribution in [0.3, 0.4) is 0 Å². The lowest BCUT2D eigenvalue weighted by atomic mass is 9.93. The maximum atomic E-state index is 12.8. The number of nitrogens with one attached hydrogen (secondary N) is 1. The van der Waals surface area contributed by atoms with Crippen LogP contribution in [0.1, 0.15) is 55.0 Å². The Bertz CT molecular complexity index is 1070. The zero-order valence-electron chi connectivity index (χ0n) is 19.1. The third kappa shape index (κ3) is 6.14. The fraction of sp³-hybridized carbons (Fsp3) is 0.435. The molecule has 0 saturated heterocycles. The summed E-state index contributed by atoms with van der Waals surface area (Å²) in [5.41, 5.74) is 4.11. The fourth-order valence-electron chi connectivity index (χ4n) is 3.59. The number of benzene rings is 2. The number of carbonyl (C=O) groups is 1. The molecule has 0 aliphatic carbocycles. The molecule has 0 aromatic heterocycles. The van der Waals surface area contributed by atoms with Crippen LogP contribution in [0.2, 0.25) is 5.02 Å². The number of amides is 1. The van der Waals surface area contributed by atoms with Crippen LogP contribution >= 0.6 is 11.6 Å². The lowest BCUT2D eigenvalue weighted by molar-refractivity contribution is -0.120. The third-order valence-corrected chi connectivity index (χ3v) is 6.56. The zero-order chi connectivity index (χ0) is 23.5. The fourth-order valence-corrected chi connectivity index (χ4v) is 4.73. The van der Waals surface area contributed by atoms with Gasteiger partial charge in [-0.15, -0.1) is 0 Å². The van der Waals surface area contributed by atoms with Gasteiger partial charge in [-0.1, -0.05) is 25.4 Å². The second kappa shape index (κ2) is 9.92. The number of sulfonamides is 1. The number of hydrogen-bond donors (Lipinski definition) is 1. The Kier molecular flexibility index (Phi) is 8.00. The highest BCUT2D eigenvalue weighted by Crippen LogP contribution is 2.32. The monoisotopic (exact) mass is 466 g/mol. The smallest absolute Gasteiger partial charge is 0.241 e. The van der Waals surface area contributed by atoms with Crippen molar-refractivity contribution in [2.75, 3.05) is 24.2 Å². The molecule has 6 nitrogen and oxygen atoms in total. The van der Waals surface area contributed by atoms with Crippen LogP contribution in [-0.2, 0) is 14.8 Å². The first kappa shape index (κ1) is 25.0. The molecule has 1 N–H and O–H groups in total. The number of methoxy groups -OCH3 is 1. The first-order valence-corrected chi connectivity index (χ1v) is 12.3. The summed E-state index contributed by atoms with van der Waals surface area (Å²) in [7, 11) is -2.03. The van der Waals surface area contributed by atoms with Crippen LogP contribution in [0, 0.1) is 13.8 Å². The SMILES string of the molecule is COc1cc(C)c([C@@H](C)NC(=O)CN(c2ccc(Cl)cc2C)S(C)(=O)=O)cc1C(C)C. The zero-order valence-corrected chi connectivity index (χ0v) is 20.7. The summed E-state index contributed by atoms with van der Waals surface area (Å²) in [5, 5.41) is 3.44. The van der Waals surface area contributed by atoms with Gasteiger partial charge in [0.05, 0.1) is 25.1 Å². The predicted molar refractivity (Wildman–Crippen MR) is 127 cm³/mol. The lowest BCUT2D eigenvalue weighted by Gasteiger charge is -2.25. The molecule has 0 fully saturated rings. The van der Waals surface area contributed by atoms with Gasteiger partial charge in [-0.2, -0.15) is 0 Å². The summed E-state index contributed by atoms with van der Waals surface area (Å²) >= 11 is 5.99. The number of anilines is 1. The van der Waals surface area contributed by atoms with Crippen molar-refractivity contribution in [2.45, 2.75) is 46.6 Å². The molecule has 0 bridgehead atoms. The highest BCUT2D eigenvalue weighted by molar-refractivity contribution is 7.92. The molecule has 1 amide bonds. The van der Waals surface area contributed by atoms with E-state index in [9.17, 15) is 13.2 Å². The van der Waals surface area contributed by atoms with Gasteiger partial charge in [-0.3, -0.25) is 9.10 Å². The summed E-state index contributed by atoms with van der Waals surface area (Å²) in [6.45, 7) is 9.45. The van der Waals surface area contributed by atoms with Gasteiger partial charge in [0, 0.05) is 5.02 Å². The van der Waals surface area contributed by atoms with E-state index in [2.05, 4.69) is 19.2 Å². The Morgan fingerprint density at radius 2 is 1.74 bits per heavy atom. The van der Waals surface area contributed by atoms with Gasteiger partial charge in [0.15, 0.2) is 0 Å². The van der Waals surface area contributed by atoms with Crippen molar-refractivity contribution in [3.8, 4) is 5.75 Å². The number of nitrogens with zero attached hydrogens (tertiary/aromatic N) is 1. The average Bonchev–Trinajstić information content (AvgIpc) is 2.65. The highest BCUT2D eigenvalue weighted by Gasteiger charge is 2.24. The second-order valence-corrected chi connectivity index (χ2v) is 10.4. The van der Waals surface area contributed by atoms with Gasteiger partial charge in [0.2, 0.25) is 15.9 Å². The molecule has 1 atom stereocenters. The van der Waals surface area contributed by atoms with Crippen molar-refractivity contribution in [3.05, 3.63) is 57.6 Å². The molecular formula is C23H31ClN2O4S. The molecule has 8 heteroatoms. The summed E-state index contributed by atoms with van der Waals surface area (Å²) in [4.78, 5) is 12.8. The van der Waals surface area contributed by atoms with Gasteiger partial charge in [-0.25, -0.2) is 8.42 Å². The van der Waals surface area contributed by atoms with E-state index in [4.69, 9.17) is 16.3 Å². The number of rotatable bonds is 8. The van der Waals surface area contributed by atoms with Crippen LogP contribution in [0.25, 0.3) is 0 Å². The van der Waals surface area contributed by atoms with Gasteiger partial charge >= 0.3 is 0 Å². The Morgan fingerprint density at radius 3 is 2.26 bits per heavy atom. The molecule has 31 heavy (non-hydrogen) atoms. The Labute approximate surface area is 190 Å². The third-order valence-electron chi connectivity index (χ3n) is 5.20. The maximum Gasteiger partial charge on any atom is 0.241 e. The molecule has 170 valence electrons. The minimum atomic E-state index is -3.67. The molecule has 0 aliphatic heterocycles. The van der Waals surface area contributed by atoms with Crippen molar-refractivity contribution in [2.24, 2.45) is 0 Å². The van der Waals surface area contributed by atoms with E-state index in [-0.39, 0.29) is 18.5 Å². The minimum absolute atomic E-state index is 0.255. The predicted octanol–water partition coefficient (Wildman–Crippen LogP) is 4.73. The summed E-state index contributed by atoms with van der Waals surface area (Å²) < 4.78 is 31.4. The number of halogens is 1. The lowest BCUT2D eigenvalue weighted by Crippen LogP contribution is -2.41. The largest absolute Gasteiger partial charge is 0.496 e. The Hall–Kier alpha value is -2.25. The van der Waals surface area contributed by atoms with E-state index in [1.807, 2.05) is 26.0 Å². The maximum absolute atomic E-state index is 12.8. The van der Waals surface area contributed by atoms with Crippen LogP contribution in [-0.4, -0.2) is 34.2 Å². The van der Waals surface area contributed by atoms with Crippen LogP contribution in [0.4, 0.5) is 5.69 Å². The molecule has 0 spiro atoms. The summed E-state index contributed by atoms with van der Waals surface area (Å²) in [6, 6.07) is 8.59. The van der Waals surface area contributed by atoms with E-state index in [0.29, 0.717) is 16.3 Å². The van der Waals surface area contributed by atoms with Crippen molar-refractivity contribution in [3.63, 3.8) is 0 Å². The van der Waals surface area contributed by atoms with Gasteiger partial charge in [-0.05, 0) is 79.3 Å². The van der Waals surface area contributed by atoms with E-state index in [1.54, 1.807) is 32.2 Å². The summed E-state index contributed by atoms with van der Waals surface area (Å²) in [6.07, 6.45) is 1.08. The molecule has 2 aromatic rings. The van der Waals surface area contributed by atoms with E-state index < -0.39 is 15.9 Å². The molecule has 0 aliphatic rings. The van der Waals surface area contributed by atoms with E-state index >= 15 is 0 Å². The first-order valence-electron chi connectivity index (χ1n) is 10.1. The molecule has 0 radical (unpaired) electrons. The Morgan fingerprint density at radius 1 is 1.10 bits per heavy atom. The number of ether oxygens (including phenoxy) is 1. The first-order chi connectivity index (χ1) is 14.3. The van der Waals surface area contributed by atoms with Crippen molar-refractivity contribution in [1.82, 2.24) is 5.32 Å². The van der Waals surface area contributed by atoms with E-state index in [1.165, 1.54) is 0 Å². The van der Waals surface area contributed by atoms with Crippen molar-refractivity contribution < 1.29 is 17.9 Å². The number of aryl methyl sites for hydroxylation is 2. The summed E-state index contributed by atoms with van der Waals surface area (Å²) in [5.74, 6) is 0.677. The van der Waals surface area contributed by atoms with Gasteiger partial charge < -0.3 is 10.1 Å². The second-order valence-electron chi connectivity index (χ2n) is 8.10. The highest BCUT2D eigenvalue weighted by atomic mass is 35.5. The normalized spacial score (nSPS) is 12.5. The molecule has 2 rings (SSSR count). The number of hydrogen-bond acceptors (Lipinski definition) is 4. The molecular weight excluding hydrogens is 436 g/mol. The Balaban J connectivity index is 2.28. The topological polar surface area (TPSA) is 75.7 Å². The van der Waals surface area contributed by atoms with Crippen molar-refractivity contribution in [1.29, 1.82) is 0 Å². The van der Waals surface area contributed by atoms with Crippen LogP contribution in [0.5, 0.6) is 5.75 Å². The number of carbonyl (C=O) groups excluding carboxylic acids is 1. The molecule has 0 heterocycles.